The lowest BCUT2D eigenvalue weighted by atomic mass is 10.1. The minimum atomic E-state index is -3.71. The average Bonchev–Trinajstić information content (AvgIpc) is 3.03. The smallest absolute Gasteiger partial charge is 0.238 e. The average molecular weight is 401 g/mol. The van der Waals surface area contributed by atoms with Gasteiger partial charge < -0.3 is 10.2 Å². The Balaban J connectivity index is 1.53. The van der Waals surface area contributed by atoms with Gasteiger partial charge in [0.2, 0.25) is 21.8 Å². The Morgan fingerprint density at radius 1 is 1.18 bits per heavy atom. The minimum absolute atomic E-state index is 0.0481. The van der Waals surface area contributed by atoms with Gasteiger partial charge in [0.05, 0.1) is 10.8 Å². The predicted molar refractivity (Wildman–Crippen MR) is 106 cm³/mol. The fourth-order valence-electron chi connectivity index (χ4n) is 3.30. The van der Waals surface area contributed by atoms with E-state index in [2.05, 4.69) is 5.32 Å². The van der Waals surface area contributed by atoms with Gasteiger partial charge in [-0.15, -0.1) is 0 Å². The number of aryl methyl sites for hydroxylation is 1. The molecular formula is C20H23N3O4S. The van der Waals surface area contributed by atoms with Gasteiger partial charge in [-0.3, -0.25) is 9.59 Å². The molecule has 1 heterocycles. The van der Waals surface area contributed by atoms with E-state index in [-0.39, 0.29) is 29.0 Å². The molecule has 1 aliphatic heterocycles. The molecule has 2 amide bonds. The number of hydrogen-bond acceptors (Lipinski definition) is 4. The zero-order valence-corrected chi connectivity index (χ0v) is 16.4. The van der Waals surface area contributed by atoms with Crippen molar-refractivity contribution in [2.45, 2.75) is 24.7 Å². The molecular weight excluding hydrogens is 378 g/mol. The fraction of sp³-hybridized carbons (Fsp3) is 0.300. The number of carbonyl (C=O) groups excluding carboxylic acids is 2. The van der Waals surface area contributed by atoms with Crippen LogP contribution >= 0.6 is 0 Å². The first kappa shape index (κ1) is 20.0. The van der Waals surface area contributed by atoms with Gasteiger partial charge in [-0.2, -0.15) is 0 Å². The van der Waals surface area contributed by atoms with E-state index in [0.29, 0.717) is 19.5 Å². The lowest BCUT2D eigenvalue weighted by Gasteiger charge is -2.19. The number of amides is 2. The number of nitrogens with two attached hydrogens (primary N) is 1. The van der Waals surface area contributed by atoms with Crippen molar-refractivity contribution in [3.05, 3.63) is 59.7 Å². The first-order valence-corrected chi connectivity index (χ1v) is 10.6. The van der Waals surface area contributed by atoms with Crippen LogP contribution in [0.2, 0.25) is 0 Å². The summed E-state index contributed by atoms with van der Waals surface area (Å²) in [5, 5.41) is 7.94. The zero-order chi connectivity index (χ0) is 20.3. The van der Waals surface area contributed by atoms with E-state index in [1.165, 1.54) is 12.1 Å². The Bertz CT molecular complexity index is 987. The van der Waals surface area contributed by atoms with E-state index in [0.717, 1.165) is 16.8 Å². The molecule has 0 bridgehead atoms. The van der Waals surface area contributed by atoms with Gasteiger partial charge in [-0.25, -0.2) is 13.6 Å². The molecule has 0 unspecified atom stereocenters. The summed E-state index contributed by atoms with van der Waals surface area (Å²) in [5.41, 5.74) is 2.73. The molecule has 0 radical (unpaired) electrons. The Morgan fingerprint density at radius 2 is 1.86 bits per heavy atom. The molecule has 3 N–H and O–H groups in total. The highest BCUT2D eigenvalue weighted by molar-refractivity contribution is 7.89. The van der Waals surface area contributed by atoms with Crippen LogP contribution in [0.15, 0.2) is 53.4 Å². The highest BCUT2D eigenvalue weighted by Gasteiger charge is 2.35. The molecule has 0 aliphatic carbocycles. The van der Waals surface area contributed by atoms with Gasteiger partial charge in [0.15, 0.2) is 0 Å². The van der Waals surface area contributed by atoms with Crippen LogP contribution < -0.4 is 15.4 Å². The van der Waals surface area contributed by atoms with E-state index in [4.69, 9.17) is 5.14 Å². The maximum Gasteiger partial charge on any atom is 0.238 e. The Hall–Kier alpha value is -2.71. The van der Waals surface area contributed by atoms with Crippen LogP contribution in [-0.4, -0.2) is 33.3 Å². The van der Waals surface area contributed by atoms with Gasteiger partial charge in [-0.05, 0) is 42.7 Å². The van der Waals surface area contributed by atoms with Crippen molar-refractivity contribution < 1.29 is 18.0 Å². The fourth-order valence-corrected chi connectivity index (χ4v) is 3.82. The quantitative estimate of drug-likeness (QED) is 0.761. The molecule has 7 nitrogen and oxygen atoms in total. The number of para-hydroxylation sites is 1. The van der Waals surface area contributed by atoms with E-state index in [1.807, 2.05) is 31.2 Å². The van der Waals surface area contributed by atoms with Crippen molar-refractivity contribution in [1.29, 1.82) is 0 Å². The first-order chi connectivity index (χ1) is 13.3. The summed E-state index contributed by atoms with van der Waals surface area (Å²) in [6, 6.07) is 13.9. The van der Waals surface area contributed by atoms with Crippen molar-refractivity contribution in [2.24, 2.45) is 11.1 Å². The van der Waals surface area contributed by atoms with E-state index < -0.39 is 10.0 Å². The highest BCUT2D eigenvalue weighted by atomic mass is 32.2. The minimum Gasteiger partial charge on any atom is -0.355 e. The molecule has 2 aromatic rings. The molecule has 1 fully saturated rings. The van der Waals surface area contributed by atoms with Gasteiger partial charge in [0.25, 0.3) is 0 Å². The van der Waals surface area contributed by atoms with E-state index in [9.17, 15) is 18.0 Å². The molecule has 148 valence electrons. The summed E-state index contributed by atoms with van der Waals surface area (Å²) in [7, 11) is -3.71. The third-order valence-corrected chi connectivity index (χ3v) is 5.80. The van der Waals surface area contributed by atoms with Crippen molar-refractivity contribution in [2.75, 3.05) is 18.0 Å². The molecule has 28 heavy (non-hydrogen) atoms. The maximum absolute atomic E-state index is 12.4. The molecule has 1 aliphatic rings. The molecule has 0 aromatic heterocycles. The van der Waals surface area contributed by atoms with Crippen LogP contribution in [0, 0.1) is 12.8 Å². The number of nitrogens with zero attached hydrogens (tertiary/aromatic N) is 1. The highest BCUT2D eigenvalue weighted by Crippen LogP contribution is 2.27. The third-order valence-electron chi connectivity index (χ3n) is 4.87. The van der Waals surface area contributed by atoms with E-state index >= 15 is 0 Å². The second-order valence-electron chi connectivity index (χ2n) is 6.92. The van der Waals surface area contributed by atoms with Crippen molar-refractivity contribution in [3.63, 3.8) is 0 Å². The number of carbonyl (C=O) groups is 2. The first-order valence-electron chi connectivity index (χ1n) is 9.01. The number of hydrogen-bond donors (Lipinski definition) is 2. The van der Waals surface area contributed by atoms with Gasteiger partial charge in [0, 0.05) is 25.2 Å². The SMILES string of the molecule is Cc1ccccc1N1C[C@@H](C(=O)NCCc2ccc(S(N)(=O)=O)cc2)CC1=O. The second kappa shape index (κ2) is 8.12. The summed E-state index contributed by atoms with van der Waals surface area (Å²) < 4.78 is 22.5. The van der Waals surface area contributed by atoms with E-state index in [1.54, 1.807) is 17.0 Å². The maximum atomic E-state index is 12.4. The Labute approximate surface area is 164 Å². The molecule has 3 rings (SSSR count). The lowest BCUT2D eigenvalue weighted by molar-refractivity contribution is -0.126. The molecule has 0 saturated carbocycles. The van der Waals surface area contributed by atoms with Gasteiger partial charge in [0.1, 0.15) is 0 Å². The normalized spacial score (nSPS) is 17.0. The monoisotopic (exact) mass is 401 g/mol. The van der Waals surface area contributed by atoms with Crippen LogP contribution in [0.3, 0.4) is 0 Å². The number of rotatable bonds is 6. The summed E-state index contributed by atoms with van der Waals surface area (Å²) in [6.07, 6.45) is 0.752. The number of primary sulfonamides is 1. The summed E-state index contributed by atoms with van der Waals surface area (Å²) >= 11 is 0. The van der Waals surface area contributed by atoms with Crippen LogP contribution in [0.25, 0.3) is 0 Å². The van der Waals surface area contributed by atoms with Crippen LogP contribution in [0.5, 0.6) is 0 Å². The van der Waals surface area contributed by atoms with Gasteiger partial charge >= 0.3 is 0 Å². The van der Waals surface area contributed by atoms with Crippen molar-refractivity contribution in [3.8, 4) is 0 Å². The van der Waals surface area contributed by atoms with Gasteiger partial charge in [-0.1, -0.05) is 30.3 Å². The van der Waals surface area contributed by atoms with Crippen molar-refractivity contribution >= 4 is 27.5 Å². The standard InChI is InChI=1S/C20H23N3O4S/c1-14-4-2-3-5-18(14)23-13-16(12-19(23)24)20(25)22-11-10-15-6-8-17(9-7-15)28(21,26)27/h2-9,16H,10-13H2,1H3,(H,22,25)(H2,21,26,27)/t16-/m0/s1. The van der Waals surface area contributed by atoms with Crippen LogP contribution in [0.4, 0.5) is 5.69 Å². The van der Waals surface area contributed by atoms with Crippen LogP contribution in [0.1, 0.15) is 17.5 Å². The Kier molecular flexibility index (Phi) is 5.81. The summed E-state index contributed by atoms with van der Waals surface area (Å²) in [6.45, 7) is 2.72. The topological polar surface area (TPSA) is 110 Å². The second-order valence-corrected chi connectivity index (χ2v) is 8.48. The van der Waals surface area contributed by atoms with Crippen molar-refractivity contribution in [1.82, 2.24) is 5.32 Å². The predicted octanol–water partition coefficient (Wildman–Crippen LogP) is 1.35. The van der Waals surface area contributed by atoms with Crippen LogP contribution in [-0.2, 0) is 26.0 Å². The zero-order valence-electron chi connectivity index (χ0n) is 15.6. The molecule has 8 heteroatoms. The molecule has 2 aromatic carbocycles. The largest absolute Gasteiger partial charge is 0.355 e. The molecule has 1 atom stereocenters. The Morgan fingerprint density at radius 3 is 2.50 bits per heavy atom. The number of benzene rings is 2. The third kappa shape index (κ3) is 4.58. The lowest BCUT2D eigenvalue weighted by Crippen LogP contribution is -2.34. The number of sulfonamides is 1. The molecule has 0 spiro atoms. The molecule has 1 saturated heterocycles. The number of anilines is 1. The summed E-state index contributed by atoms with van der Waals surface area (Å²) in [4.78, 5) is 26.5. The summed E-state index contributed by atoms with van der Waals surface area (Å²) in [5.74, 6) is -0.574. The number of nitrogens with one attached hydrogen (secondary N) is 1.